The molecule has 1 aliphatic rings. The van der Waals surface area contributed by atoms with E-state index in [4.69, 9.17) is 9.47 Å². The molecule has 1 unspecified atom stereocenters. The van der Waals surface area contributed by atoms with Gasteiger partial charge in [0, 0.05) is 11.1 Å². The fraction of sp³-hybridized carbons (Fsp3) is 0.0714. The largest absolute Gasteiger partial charge is 0.497 e. The SMILES string of the molecule is COc1ccc(/C=C/C2(c3ccccc3)C=Cc3c(ccc4ccccc34)O2)cc1. The molecule has 4 aromatic rings. The zero-order chi connectivity index (χ0) is 20.4. The van der Waals surface area contributed by atoms with Crippen molar-refractivity contribution in [2.75, 3.05) is 7.11 Å². The van der Waals surface area contributed by atoms with Gasteiger partial charge in [-0.15, -0.1) is 0 Å². The second-order valence-corrected chi connectivity index (χ2v) is 7.40. The van der Waals surface area contributed by atoms with Crippen LogP contribution in [0.4, 0.5) is 0 Å². The van der Waals surface area contributed by atoms with Crippen molar-refractivity contribution in [2.45, 2.75) is 5.60 Å². The Morgan fingerprint density at radius 3 is 2.37 bits per heavy atom. The first-order valence-electron chi connectivity index (χ1n) is 10.1. The van der Waals surface area contributed by atoms with Gasteiger partial charge in [0.05, 0.1) is 7.11 Å². The molecule has 0 aliphatic carbocycles. The van der Waals surface area contributed by atoms with Crippen LogP contribution < -0.4 is 9.47 Å². The molecule has 4 aromatic carbocycles. The third kappa shape index (κ3) is 3.27. The van der Waals surface area contributed by atoms with Gasteiger partial charge < -0.3 is 9.47 Å². The minimum Gasteiger partial charge on any atom is -0.497 e. The van der Waals surface area contributed by atoms with Crippen molar-refractivity contribution >= 4 is 22.9 Å². The number of rotatable bonds is 4. The lowest BCUT2D eigenvalue weighted by atomic mass is 9.88. The van der Waals surface area contributed by atoms with Gasteiger partial charge in [-0.05, 0) is 52.8 Å². The highest BCUT2D eigenvalue weighted by atomic mass is 16.5. The van der Waals surface area contributed by atoms with Crippen molar-refractivity contribution in [2.24, 2.45) is 0 Å². The Labute approximate surface area is 176 Å². The highest BCUT2D eigenvalue weighted by Crippen LogP contribution is 2.41. The molecule has 146 valence electrons. The normalized spacial score (nSPS) is 17.6. The minimum absolute atomic E-state index is 0.670. The third-order valence-electron chi connectivity index (χ3n) is 5.57. The lowest BCUT2D eigenvalue weighted by Crippen LogP contribution is -2.30. The first-order valence-corrected chi connectivity index (χ1v) is 10.1. The molecule has 0 fully saturated rings. The molecule has 0 spiro atoms. The van der Waals surface area contributed by atoms with E-state index in [0.717, 1.165) is 28.2 Å². The molecule has 2 nitrogen and oxygen atoms in total. The zero-order valence-electron chi connectivity index (χ0n) is 16.8. The van der Waals surface area contributed by atoms with Crippen LogP contribution in [-0.2, 0) is 5.60 Å². The molecule has 2 heteroatoms. The zero-order valence-corrected chi connectivity index (χ0v) is 16.8. The van der Waals surface area contributed by atoms with Crippen molar-refractivity contribution in [3.63, 3.8) is 0 Å². The van der Waals surface area contributed by atoms with E-state index >= 15 is 0 Å². The maximum absolute atomic E-state index is 6.68. The summed E-state index contributed by atoms with van der Waals surface area (Å²) in [5.41, 5.74) is 2.63. The van der Waals surface area contributed by atoms with Crippen molar-refractivity contribution < 1.29 is 9.47 Å². The van der Waals surface area contributed by atoms with Gasteiger partial charge in [0.1, 0.15) is 11.5 Å². The van der Waals surface area contributed by atoms with Crippen LogP contribution in [0.5, 0.6) is 11.5 Å². The van der Waals surface area contributed by atoms with E-state index in [-0.39, 0.29) is 0 Å². The summed E-state index contributed by atoms with van der Waals surface area (Å²) in [6, 6.07) is 30.9. The first kappa shape index (κ1) is 18.3. The summed E-state index contributed by atoms with van der Waals surface area (Å²) >= 11 is 0. The molecule has 0 bridgehead atoms. The predicted octanol–water partition coefficient (Wildman–Crippen LogP) is 6.86. The lowest BCUT2D eigenvalue weighted by molar-refractivity contribution is 0.171. The molecule has 1 atom stereocenters. The predicted molar refractivity (Wildman–Crippen MR) is 124 cm³/mol. The fourth-order valence-electron chi connectivity index (χ4n) is 3.93. The summed E-state index contributed by atoms with van der Waals surface area (Å²) in [7, 11) is 1.68. The Bertz CT molecular complexity index is 1240. The fourth-order valence-corrected chi connectivity index (χ4v) is 3.93. The van der Waals surface area contributed by atoms with E-state index in [1.165, 1.54) is 10.8 Å². The van der Waals surface area contributed by atoms with E-state index in [1.807, 2.05) is 42.5 Å². The summed E-state index contributed by atoms with van der Waals surface area (Å²) in [5.74, 6) is 1.74. The smallest absolute Gasteiger partial charge is 0.171 e. The van der Waals surface area contributed by atoms with E-state index < -0.39 is 5.60 Å². The molecule has 0 saturated heterocycles. The van der Waals surface area contributed by atoms with Crippen LogP contribution in [-0.4, -0.2) is 7.11 Å². The summed E-state index contributed by atoms with van der Waals surface area (Å²) in [6.45, 7) is 0. The number of hydrogen-bond acceptors (Lipinski definition) is 2. The molecule has 1 heterocycles. The van der Waals surface area contributed by atoms with E-state index in [9.17, 15) is 0 Å². The van der Waals surface area contributed by atoms with Gasteiger partial charge in [-0.25, -0.2) is 0 Å². The van der Waals surface area contributed by atoms with Crippen molar-refractivity contribution in [1.82, 2.24) is 0 Å². The Morgan fingerprint density at radius 2 is 1.57 bits per heavy atom. The van der Waals surface area contributed by atoms with Crippen LogP contribution in [0, 0.1) is 0 Å². The van der Waals surface area contributed by atoms with Crippen LogP contribution in [0.2, 0.25) is 0 Å². The van der Waals surface area contributed by atoms with Crippen molar-refractivity contribution in [1.29, 1.82) is 0 Å². The van der Waals surface area contributed by atoms with Gasteiger partial charge in [0.2, 0.25) is 0 Å². The monoisotopic (exact) mass is 390 g/mol. The Morgan fingerprint density at radius 1 is 0.800 bits per heavy atom. The second kappa shape index (κ2) is 7.57. The summed E-state index contributed by atoms with van der Waals surface area (Å²) in [5, 5.41) is 2.41. The molecular weight excluding hydrogens is 368 g/mol. The van der Waals surface area contributed by atoms with Gasteiger partial charge >= 0.3 is 0 Å². The average molecular weight is 390 g/mol. The van der Waals surface area contributed by atoms with Crippen LogP contribution in [0.15, 0.2) is 103 Å². The van der Waals surface area contributed by atoms with Gasteiger partial charge in [0.15, 0.2) is 5.60 Å². The number of benzene rings is 4. The molecule has 0 saturated carbocycles. The van der Waals surface area contributed by atoms with Gasteiger partial charge in [-0.3, -0.25) is 0 Å². The molecular formula is C28H22O2. The highest BCUT2D eigenvalue weighted by molar-refractivity contribution is 5.94. The Hall–Kier alpha value is -3.78. The minimum atomic E-state index is -0.670. The Kier molecular flexibility index (Phi) is 4.61. The van der Waals surface area contributed by atoms with Crippen LogP contribution in [0.3, 0.4) is 0 Å². The van der Waals surface area contributed by atoms with Crippen LogP contribution in [0.1, 0.15) is 16.7 Å². The van der Waals surface area contributed by atoms with Gasteiger partial charge in [-0.2, -0.15) is 0 Å². The van der Waals surface area contributed by atoms with Crippen LogP contribution >= 0.6 is 0 Å². The standard InChI is InChI=1S/C28H22O2/c1-29-24-14-11-21(12-15-24)17-19-28(23-8-3-2-4-9-23)20-18-26-25-10-6-5-7-22(25)13-16-27(26)30-28/h2-20H,1H3/b19-17+. The second-order valence-electron chi connectivity index (χ2n) is 7.40. The molecule has 0 radical (unpaired) electrons. The number of methoxy groups -OCH3 is 1. The van der Waals surface area contributed by atoms with E-state index in [1.54, 1.807) is 7.11 Å². The van der Waals surface area contributed by atoms with Crippen LogP contribution in [0.25, 0.3) is 22.9 Å². The average Bonchev–Trinajstić information content (AvgIpc) is 2.83. The molecule has 0 N–H and O–H groups in total. The molecule has 0 amide bonds. The number of fused-ring (bicyclic) bond motifs is 3. The molecule has 1 aliphatic heterocycles. The van der Waals surface area contributed by atoms with E-state index in [2.05, 4.69) is 72.8 Å². The summed E-state index contributed by atoms with van der Waals surface area (Å²) in [4.78, 5) is 0. The highest BCUT2D eigenvalue weighted by Gasteiger charge is 2.32. The maximum Gasteiger partial charge on any atom is 0.171 e. The molecule has 5 rings (SSSR count). The third-order valence-corrected chi connectivity index (χ3v) is 5.57. The van der Waals surface area contributed by atoms with Gasteiger partial charge in [0.25, 0.3) is 0 Å². The maximum atomic E-state index is 6.68. The lowest BCUT2D eigenvalue weighted by Gasteiger charge is -2.33. The number of hydrogen-bond donors (Lipinski definition) is 0. The van der Waals surface area contributed by atoms with Crippen molar-refractivity contribution in [3.05, 3.63) is 120 Å². The topological polar surface area (TPSA) is 18.5 Å². The summed E-state index contributed by atoms with van der Waals surface area (Å²) < 4.78 is 11.9. The Balaban J connectivity index is 1.59. The summed E-state index contributed by atoms with van der Waals surface area (Å²) in [6.07, 6.45) is 8.56. The quantitative estimate of drug-likeness (QED) is 0.379. The van der Waals surface area contributed by atoms with E-state index in [0.29, 0.717) is 0 Å². The molecule has 30 heavy (non-hydrogen) atoms. The number of ether oxygens (including phenoxy) is 2. The molecule has 0 aromatic heterocycles. The van der Waals surface area contributed by atoms with Crippen molar-refractivity contribution in [3.8, 4) is 11.5 Å². The van der Waals surface area contributed by atoms with Gasteiger partial charge in [-0.1, -0.05) is 78.9 Å². The first-order chi connectivity index (χ1) is 14.8.